The zero-order chi connectivity index (χ0) is 24.2. The summed E-state index contributed by atoms with van der Waals surface area (Å²) in [5.41, 5.74) is 0.395. The molecule has 33 heavy (non-hydrogen) atoms. The van der Waals surface area contributed by atoms with Gasteiger partial charge in [0.15, 0.2) is 0 Å². The smallest absolute Gasteiger partial charge is 0.410 e. The number of carbonyl (C=O) groups is 2. The van der Waals surface area contributed by atoms with Crippen LogP contribution in [-0.2, 0) is 19.6 Å². The maximum Gasteiger partial charge on any atom is 0.410 e. The average Bonchev–Trinajstić information content (AvgIpc) is 2.78. The van der Waals surface area contributed by atoms with Crippen molar-refractivity contribution in [3.63, 3.8) is 0 Å². The summed E-state index contributed by atoms with van der Waals surface area (Å²) in [6.07, 6.45) is 0.654. The monoisotopic (exact) mass is 473 g/mol. The second-order valence-corrected chi connectivity index (χ2v) is 11.0. The molecule has 0 atom stereocenters. The number of hydrogen-bond donors (Lipinski definition) is 1. The molecule has 0 bridgehead atoms. The Labute approximate surface area is 195 Å². The number of nitrogens with one attached hydrogen (secondary N) is 1. The zero-order valence-electron chi connectivity index (χ0n) is 19.4. The summed E-state index contributed by atoms with van der Waals surface area (Å²) in [6.45, 7) is 6.32. The van der Waals surface area contributed by atoms with Gasteiger partial charge in [0.25, 0.3) is 10.0 Å². The van der Waals surface area contributed by atoms with E-state index in [1.165, 1.54) is 23.5 Å². The van der Waals surface area contributed by atoms with Gasteiger partial charge in [-0.05, 0) is 63.9 Å². The summed E-state index contributed by atoms with van der Waals surface area (Å²) in [6, 6.07) is 15.0. The number of ether oxygens (including phenoxy) is 1. The van der Waals surface area contributed by atoms with Crippen LogP contribution in [0.15, 0.2) is 59.5 Å². The van der Waals surface area contributed by atoms with Crippen molar-refractivity contribution in [2.24, 2.45) is 5.92 Å². The number of amides is 2. The fourth-order valence-electron chi connectivity index (χ4n) is 3.56. The van der Waals surface area contributed by atoms with Gasteiger partial charge in [0.1, 0.15) is 5.60 Å². The van der Waals surface area contributed by atoms with Gasteiger partial charge in [-0.15, -0.1) is 0 Å². The van der Waals surface area contributed by atoms with Gasteiger partial charge in [-0.25, -0.2) is 13.2 Å². The Morgan fingerprint density at radius 3 is 2.27 bits per heavy atom. The second-order valence-electron chi connectivity index (χ2n) is 9.07. The van der Waals surface area contributed by atoms with Gasteiger partial charge in [0, 0.05) is 31.7 Å². The van der Waals surface area contributed by atoms with Crippen molar-refractivity contribution in [1.82, 2.24) is 4.90 Å². The number of sulfonamides is 1. The molecule has 0 aliphatic carbocycles. The van der Waals surface area contributed by atoms with E-state index in [9.17, 15) is 18.0 Å². The van der Waals surface area contributed by atoms with Gasteiger partial charge in [-0.2, -0.15) is 0 Å². The molecule has 3 rings (SSSR count). The lowest BCUT2D eigenvalue weighted by molar-refractivity contribution is -0.121. The Bertz CT molecular complexity index is 1090. The Balaban J connectivity index is 1.63. The highest BCUT2D eigenvalue weighted by molar-refractivity contribution is 7.92. The lowest BCUT2D eigenvalue weighted by Crippen LogP contribution is -2.43. The minimum absolute atomic E-state index is 0.0893. The first-order chi connectivity index (χ1) is 15.5. The predicted molar refractivity (Wildman–Crippen MR) is 128 cm³/mol. The number of nitrogens with zero attached hydrogens (tertiary/aromatic N) is 2. The normalized spacial score (nSPS) is 15.1. The topological polar surface area (TPSA) is 96.0 Å². The van der Waals surface area contributed by atoms with Crippen molar-refractivity contribution in [2.45, 2.75) is 44.1 Å². The fourth-order valence-corrected chi connectivity index (χ4v) is 4.81. The molecule has 1 fully saturated rings. The van der Waals surface area contributed by atoms with Crippen molar-refractivity contribution >= 4 is 33.4 Å². The summed E-state index contributed by atoms with van der Waals surface area (Å²) in [5.74, 6) is -0.458. The van der Waals surface area contributed by atoms with E-state index < -0.39 is 15.6 Å². The molecular weight excluding hydrogens is 442 g/mol. The molecule has 0 spiro atoms. The van der Waals surface area contributed by atoms with E-state index in [0.29, 0.717) is 37.3 Å². The number of anilines is 2. The minimum atomic E-state index is -3.78. The Morgan fingerprint density at radius 1 is 1.03 bits per heavy atom. The molecule has 178 valence electrons. The van der Waals surface area contributed by atoms with E-state index in [1.807, 2.05) is 26.8 Å². The van der Waals surface area contributed by atoms with Crippen molar-refractivity contribution < 1.29 is 22.7 Å². The molecule has 2 amide bonds. The van der Waals surface area contributed by atoms with Crippen LogP contribution in [0.2, 0.25) is 0 Å². The largest absolute Gasteiger partial charge is 0.444 e. The predicted octanol–water partition coefficient (Wildman–Crippen LogP) is 4.10. The third-order valence-electron chi connectivity index (χ3n) is 5.40. The SMILES string of the molecule is CN(c1ccccc1)S(=O)(=O)c1cccc(NC(=O)C2CCN(C(=O)OC(C)(C)C)CC2)c1. The first kappa shape index (κ1) is 24.6. The molecule has 1 saturated heterocycles. The Kier molecular flexibility index (Phi) is 7.31. The maximum absolute atomic E-state index is 13.0. The summed E-state index contributed by atoms with van der Waals surface area (Å²) in [4.78, 5) is 26.7. The van der Waals surface area contributed by atoms with E-state index in [2.05, 4.69) is 5.32 Å². The van der Waals surface area contributed by atoms with Crippen LogP contribution >= 0.6 is 0 Å². The van der Waals surface area contributed by atoms with Crippen molar-refractivity contribution in [3.8, 4) is 0 Å². The van der Waals surface area contributed by atoms with Gasteiger partial charge in [0.05, 0.1) is 10.6 Å². The quantitative estimate of drug-likeness (QED) is 0.705. The molecule has 8 nitrogen and oxygen atoms in total. The molecule has 2 aromatic carbocycles. The van der Waals surface area contributed by atoms with Gasteiger partial charge >= 0.3 is 6.09 Å². The van der Waals surface area contributed by atoms with Crippen LogP contribution in [0.3, 0.4) is 0 Å². The van der Waals surface area contributed by atoms with Gasteiger partial charge in [-0.1, -0.05) is 24.3 Å². The highest BCUT2D eigenvalue weighted by atomic mass is 32.2. The molecule has 1 N–H and O–H groups in total. The van der Waals surface area contributed by atoms with Crippen LogP contribution in [0.1, 0.15) is 33.6 Å². The molecule has 1 aliphatic rings. The first-order valence-electron chi connectivity index (χ1n) is 10.9. The summed E-state index contributed by atoms with van der Waals surface area (Å²) in [7, 11) is -2.29. The molecule has 0 unspecified atom stereocenters. The molecule has 0 radical (unpaired) electrons. The molecular formula is C24H31N3O5S. The number of rotatable bonds is 5. The fraction of sp³-hybridized carbons (Fsp3) is 0.417. The van der Waals surface area contributed by atoms with Gasteiger partial charge < -0.3 is 15.0 Å². The van der Waals surface area contributed by atoms with Gasteiger partial charge in [0.2, 0.25) is 5.91 Å². The second kappa shape index (κ2) is 9.82. The number of hydrogen-bond acceptors (Lipinski definition) is 5. The Hall–Kier alpha value is -3.07. The number of para-hydroxylation sites is 1. The molecule has 9 heteroatoms. The molecule has 1 aliphatic heterocycles. The number of likely N-dealkylation sites (tertiary alicyclic amines) is 1. The van der Waals surface area contributed by atoms with Crippen molar-refractivity contribution in [3.05, 3.63) is 54.6 Å². The third-order valence-corrected chi connectivity index (χ3v) is 7.18. The van der Waals surface area contributed by atoms with E-state index in [4.69, 9.17) is 4.74 Å². The molecule has 2 aromatic rings. The van der Waals surface area contributed by atoms with E-state index >= 15 is 0 Å². The summed E-state index contributed by atoms with van der Waals surface area (Å²) in [5, 5.41) is 2.83. The lowest BCUT2D eigenvalue weighted by atomic mass is 9.96. The van der Waals surface area contributed by atoms with E-state index in [-0.39, 0.29) is 22.8 Å². The van der Waals surface area contributed by atoms with Crippen LogP contribution in [0.5, 0.6) is 0 Å². The zero-order valence-corrected chi connectivity index (χ0v) is 20.3. The first-order valence-corrected chi connectivity index (χ1v) is 12.3. The molecule has 0 saturated carbocycles. The van der Waals surface area contributed by atoms with Crippen molar-refractivity contribution in [2.75, 3.05) is 29.8 Å². The Morgan fingerprint density at radius 2 is 1.67 bits per heavy atom. The average molecular weight is 474 g/mol. The number of carbonyl (C=O) groups excluding carboxylic acids is 2. The molecule has 0 aromatic heterocycles. The number of piperidine rings is 1. The van der Waals surface area contributed by atoms with Crippen molar-refractivity contribution in [1.29, 1.82) is 0 Å². The number of benzene rings is 2. The van der Waals surface area contributed by atoms with Crippen LogP contribution in [0, 0.1) is 5.92 Å². The van der Waals surface area contributed by atoms with Gasteiger partial charge in [-0.3, -0.25) is 9.10 Å². The molecule has 1 heterocycles. The standard InChI is InChI=1S/C24H31N3O5S/c1-24(2,3)32-23(29)27-15-13-18(14-16-27)22(28)25-19-9-8-12-21(17-19)33(30,31)26(4)20-10-6-5-7-11-20/h5-12,17-18H,13-16H2,1-4H3,(H,25,28). The highest BCUT2D eigenvalue weighted by Gasteiger charge is 2.30. The van der Waals surface area contributed by atoms with Crippen LogP contribution in [0.4, 0.5) is 16.2 Å². The van der Waals surface area contributed by atoms with Crippen LogP contribution < -0.4 is 9.62 Å². The summed E-state index contributed by atoms with van der Waals surface area (Å²) >= 11 is 0. The lowest BCUT2D eigenvalue weighted by Gasteiger charge is -2.32. The van der Waals surface area contributed by atoms with Crippen LogP contribution in [-0.4, -0.2) is 51.1 Å². The van der Waals surface area contributed by atoms with E-state index in [0.717, 1.165) is 0 Å². The van der Waals surface area contributed by atoms with Crippen LogP contribution in [0.25, 0.3) is 0 Å². The summed E-state index contributed by atoms with van der Waals surface area (Å²) < 4.78 is 32.7. The maximum atomic E-state index is 13.0. The highest BCUT2D eigenvalue weighted by Crippen LogP contribution is 2.25. The third kappa shape index (κ3) is 6.25. The minimum Gasteiger partial charge on any atom is -0.444 e. The van der Waals surface area contributed by atoms with E-state index in [1.54, 1.807) is 41.3 Å².